The Morgan fingerprint density at radius 2 is 1.67 bits per heavy atom. The molecule has 0 aliphatic carbocycles. The van der Waals surface area contributed by atoms with E-state index in [0.29, 0.717) is 11.5 Å². The van der Waals surface area contributed by atoms with E-state index < -0.39 is 35.6 Å². The van der Waals surface area contributed by atoms with Gasteiger partial charge < -0.3 is 28.4 Å². The van der Waals surface area contributed by atoms with E-state index in [2.05, 4.69) is 0 Å². The van der Waals surface area contributed by atoms with Crippen LogP contribution >= 0.6 is 0 Å². The molecule has 0 amide bonds. The lowest BCUT2D eigenvalue weighted by Gasteiger charge is -2.42. The predicted molar refractivity (Wildman–Crippen MR) is 80.5 cm³/mol. The number of hydrogen-bond donors (Lipinski definition) is 0. The highest BCUT2D eigenvalue weighted by molar-refractivity contribution is 5.94. The topological polar surface area (TPSA) is 72.5 Å². The van der Waals surface area contributed by atoms with Crippen LogP contribution in [0.25, 0.3) is 0 Å². The second-order valence-corrected chi connectivity index (χ2v) is 6.19. The first-order chi connectivity index (χ1) is 11.5. The van der Waals surface area contributed by atoms with E-state index in [1.807, 2.05) is 0 Å². The first-order valence-electron chi connectivity index (χ1n) is 7.76. The van der Waals surface area contributed by atoms with Gasteiger partial charge in [-0.15, -0.1) is 0 Å². The van der Waals surface area contributed by atoms with Crippen molar-refractivity contribution in [3.63, 3.8) is 0 Å². The zero-order valence-corrected chi connectivity index (χ0v) is 14.0. The average molecular weight is 336 g/mol. The largest absolute Gasteiger partial charge is 0.495 e. The van der Waals surface area contributed by atoms with Crippen LogP contribution in [0.2, 0.25) is 0 Å². The van der Waals surface area contributed by atoms with Crippen LogP contribution in [0, 0.1) is 11.8 Å². The monoisotopic (exact) mass is 336 g/mol. The quantitative estimate of drug-likeness (QED) is 0.707. The smallest absolute Gasteiger partial charge is 0.211 e. The van der Waals surface area contributed by atoms with Crippen molar-refractivity contribution >= 4 is 5.78 Å². The standard InChI is InChI=1S/C17H20O7/c1-19-14-12-10-9(18)5-6-16(21-3)7-8-17(22-4,24-16)11(10)13(23-12)15(14)20-2/h5-8,10-13H,1-4H3/b6-5-/t10-,11+,12?,13?,16+,17+/m1/s1. The van der Waals surface area contributed by atoms with Crippen molar-refractivity contribution < 1.29 is 33.2 Å². The minimum Gasteiger partial charge on any atom is -0.495 e. The Labute approximate surface area is 139 Å². The van der Waals surface area contributed by atoms with E-state index in [4.69, 9.17) is 28.4 Å². The molecule has 0 spiro atoms. The zero-order chi connectivity index (χ0) is 17.1. The molecule has 0 aromatic rings. The number of carbonyl (C=O) groups excluding carboxylic acids is 1. The molecule has 4 rings (SSSR count). The molecule has 0 saturated carbocycles. The van der Waals surface area contributed by atoms with E-state index in [-0.39, 0.29) is 5.78 Å². The molecular weight excluding hydrogens is 316 g/mol. The molecule has 4 bridgehead atoms. The molecule has 4 aliphatic rings. The van der Waals surface area contributed by atoms with Crippen LogP contribution in [0.5, 0.6) is 0 Å². The first-order valence-corrected chi connectivity index (χ1v) is 7.76. The van der Waals surface area contributed by atoms with E-state index in [9.17, 15) is 4.79 Å². The molecule has 0 aromatic heterocycles. The third kappa shape index (κ3) is 1.78. The van der Waals surface area contributed by atoms with E-state index in [0.717, 1.165) is 0 Å². The van der Waals surface area contributed by atoms with Crippen LogP contribution in [0.15, 0.2) is 35.8 Å². The number of fused-ring (bicyclic) bond motifs is 8. The molecule has 2 unspecified atom stereocenters. The fourth-order valence-corrected chi connectivity index (χ4v) is 4.21. The highest BCUT2D eigenvalue weighted by atomic mass is 16.8. The fraction of sp³-hybridized carbons (Fsp3) is 0.588. The van der Waals surface area contributed by atoms with E-state index >= 15 is 0 Å². The van der Waals surface area contributed by atoms with Gasteiger partial charge in [0.2, 0.25) is 5.79 Å². The van der Waals surface area contributed by atoms with Crippen molar-refractivity contribution in [2.75, 3.05) is 28.4 Å². The molecule has 7 heteroatoms. The van der Waals surface area contributed by atoms with Crippen LogP contribution in [0.1, 0.15) is 0 Å². The molecular formula is C17H20O7. The Morgan fingerprint density at radius 3 is 2.29 bits per heavy atom. The maximum absolute atomic E-state index is 12.8. The Hall–Kier alpha value is -1.67. The van der Waals surface area contributed by atoms with Crippen LogP contribution in [-0.4, -0.2) is 58.0 Å². The molecule has 7 nitrogen and oxygen atoms in total. The lowest BCUT2D eigenvalue weighted by molar-refractivity contribution is -0.302. The lowest BCUT2D eigenvalue weighted by Crippen LogP contribution is -2.53. The van der Waals surface area contributed by atoms with Gasteiger partial charge in [0.25, 0.3) is 0 Å². The summed E-state index contributed by atoms with van der Waals surface area (Å²) < 4.78 is 34.3. The highest BCUT2D eigenvalue weighted by Gasteiger charge is 2.67. The van der Waals surface area contributed by atoms with Gasteiger partial charge in [0.05, 0.1) is 26.1 Å². The molecule has 0 radical (unpaired) electrons. The molecule has 130 valence electrons. The van der Waals surface area contributed by atoms with Gasteiger partial charge in [-0.2, -0.15) is 0 Å². The normalized spacial score (nSPS) is 46.8. The molecule has 24 heavy (non-hydrogen) atoms. The Morgan fingerprint density at radius 1 is 0.958 bits per heavy atom. The third-order valence-electron chi connectivity index (χ3n) is 5.31. The molecule has 1 fully saturated rings. The van der Waals surface area contributed by atoms with Crippen molar-refractivity contribution in [1.29, 1.82) is 0 Å². The van der Waals surface area contributed by atoms with Gasteiger partial charge >= 0.3 is 0 Å². The summed E-state index contributed by atoms with van der Waals surface area (Å²) in [5, 5.41) is 0. The van der Waals surface area contributed by atoms with Gasteiger partial charge in [0, 0.05) is 14.2 Å². The van der Waals surface area contributed by atoms with Gasteiger partial charge in [-0.1, -0.05) is 0 Å². The van der Waals surface area contributed by atoms with Gasteiger partial charge in [0.15, 0.2) is 23.1 Å². The van der Waals surface area contributed by atoms with Gasteiger partial charge in [-0.3, -0.25) is 4.79 Å². The maximum Gasteiger partial charge on any atom is 0.211 e. The summed E-state index contributed by atoms with van der Waals surface area (Å²) in [5.74, 6) is -2.12. The summed E-state index contributed by atoms with van der Waals surface area (Å²) in [5.41, 5.74) is 0. The number of methoxy groups -OCH3 is 4. The van der Waals surface area contributed by atoms with Gasteiger partial charge in [-0.05, 0) is 24.3 Å². The number of allylic oxidation sites excluding steroid dienone is 1. The van der Waals surface area contributed by atoms with Crippen LogP contribution in [0.3, 0.4) is 0 Å². The zero-order valence-electron chi connectivity index (χ0n) is 14.0. The molecule has 1 saturated heterocycles. The SMILES string of the molecule is COC1=C(OC)C2OC1[C@@H]1[C@H]2C(=O)/C=C\[C@@]2(OC)C=C[C@]1(OC)O2. The van der Waals surface area contributed by atoms with Crippen LogP contribution < -0.4 is 0 Å². The number of carbonyl (C=O) groups is 1. The third-order valence-corrected chi connectivity index (χ3v) is 5.31. The Bertz CT molecular complexity index is 666. The number of ether oxygens (including phenoxy) is 6. The summed E-state index contributed by atoms with van der Waals surface area (Å²) in [6.45, 7) is 0. The predicted octanol–water partition coefficient (Wildman–Crippen LogP) is 0.915. The van der Waals surface area contributed by atoms with Crippen molar-refractivity contribution in [2.45, 2.75) is 23.8 Å². The molecule has 0 aromatic carbocycles. The van der Waals surface area contributed by atoms with Gasteiger partial charge in [0.1, 0.15) is 12.2 Å². The number of hydrogen-bond acceptors (Lipinski definition) is 7. The van der Waals surface area contributed by atoms with Crippen LogP contribution in [0.4, 0.5) is 0 Å². The lowest BCUT2D eigenvalue weighted by atomic mass is 9.73. The second-order valence-electron chi connectivity index (χ2n) is 6.19. The van der Waals surface area contributed by atoms with E-state index in [1.54, 1.807) is 39.6 Å². The average Bonchev–Trinajstić information content (AvgIpc) is 3.27. The Balaban J connectivity index is 1.87. The summed E-state index contributed by atoms with van der Waals surface area (Å²) in [7, 11) is 6.17. The van der Waals surface area contributed by atoms with Crippen molar-refractivity contribution in [3.05, 3.63) is 35.8 Å². The van der Waals surface area contributed by atoms with Crippen molar-refractivity contribution in [3.8, 4) is 0 Å². The first kappa shape index (κ1) is 15.8. The van der Waals surface area contributed by atoms with Gasteiger partial charge in [-0.25, -0.2) is 0 Å². The van der Waals surface area contributed by atoms with Crippen molar-refractivity contribution in [1.82, 2.24) is 0 Å². The minimum absolute atomic E-state index is 0.0768. The number of rotatable bonds is 4. The van der Waals surface area contributed by atoms with Crippen molar-refractivity contribution in [2.24, 2.45) is 11.8 Å². The second kappa shape index (κ2) is 5.16. The summed E-state index contributed by atoms with van der Waals surface area (Å²) >= 11 is 0. The van der Waals surface area contributed by atoms with E-state index in [1.165, 1.54) is 13.2 Å². The fourth-order valence-electron chi connectivity index (χ4n) is 4.21. The molecule has 4 heterocycles. The highest BCUT2D eigenvalue weighted by Crippen LogP contribution is 2.56. The summed E-state index contributed by atoms with van der Waals surface area (Å²) in [4.78, 5) is 12.8. The Kier molecular flexibility index (Phi) is 3.41. The summed E-state index contributed by atoms with van der Waals surface area (Å²) in [6.07, 6.45) is 5.62. The molecule has 0 N–H and O–H groups in total. The summed E-state index contributed by atoms with van der Waals surface area (Å²) in [6, 6.07) is 0. The minimum atomic E-state index is -1.15. The molecule has 6 atom stereocenters. The molecule has 4 aliphatic heterocycles. The maximum atomic E-state index is 12.8. The number of ketones is 1. The van der Waals surface area contributed by atoms with Crippen LogP contribution in [-0.2, 0) is 33.2 Å².